The molecule has 2 heterocycles. The predicted octanol–water partition coefficient (Wildman–Crippen LogP) is 2.91. The number of hydrogen-bond acceptors (Lipinski definition) is 5. The summed E-state index contributed by atoms with van der Waals surface area (Å²) in [6, 6.07) is 3.59. The van der Waals surface area contributed by atoms with Gasteiger partial charge in [-0.15, -0.1) is 11.3 Å². The highest BCUT2D eigenvalue weighted by Gasteiger charge is 2.19. The lowest BCUT2D eigenvalue weighted by atomic mass is 9.99. The number of carbonyl (C=O) groups is 1. The molecule has 0 unspecified atom stereocenters. The number of nitrogens with zero attached hydrogens (tertiary/aromatic N) is 3. The van der Waals surface area contributed by atoms with Gasteiger partial charge in [0.1, 0.15) is 10.7 Å². The number of aromatic nitrogens is 2. The first-order valence-electron chi connectivity index (χ1n) is 7.30. The van der Waals surface area contributed by atoms with E-state index in [1.165, 1.54) is 11.3 Å². The van der Waals surface area contributed by atoms with Crippen molar-refractivity contribution < 1.29 is 9.90 Å². The van der Waals surface area contributed by atoms with Crippen LogP contribution in [0.15, 0.2) is 23.7 Å². The first-order chi connectivity index (χ1) is 10.4. The van der Waals surface area contributed by atoms with Crippen LogP contribution in [0, 0.1) is 0 Å². The van der Waals surface area contributed by atoms with E-state index in [1.807, 2.05) is 19.9 Å². The Hall–Kier alpha value is -1.79. The third kappa shape index (κ3) is 3.51. The number of pyridine rings is 1. The third-order valence-electron chi connectivity index (χ3n) is 3.46. The van der Waals surface area contributed by atoms with Crippen molar-refractivity contribution in [2.24, 2.45) is 0 Å². The number of carbonyl (C=O) groups excluding carboxylic acids is 1. The fourth-order valence-corrected chi connectivity index (χ4v) is 2.85. The molecule has 0 radical (unpaired) electrons. The summed E-state index contributed by atoms with van der Waals surface area (Å²) in [5.41, 5.74) is 0.946. The van der Waals surface area contributed by atoms with E-state index in [0.29, 0.717) is 29.5 Å². The van der Waals surface area contributed by atoms with Crippen LogP contribution in [0.5, 0.6) is 0 Å². The zero-order valence-corrected chi connectivity index (χ0v) is 14.1. The van der Waals surface area contributed by atoms with Gasteiger partial charge in [0, 0.05) is 24.7 Å². The van der Waals surface area contributed by atoms with Crippen LogP contribution in [0.3, 0.4) is 0 Å². The Morgan fingerprint density at radius 1 is 1.36 bits per heavy atom. The maximum absolute atomic E-state index is 12.3. The number of rotatable bonds is 5. The zero-order chi connectivity index (χ0) is 16.3. The summed E-state index contributed by atoms with van der Waals surface area (Å²) in [5.74, 6) is -0.0638. The summed E-state index contributed by atoms with van der Waals surface area (Å²) >= 11 is 1.39. The number of aliphatic hydroxyl groups is 1. The molecule has 1 amide bonds. The van der Waals surface area contributed by atoms with Gasteiger partial charge in [0.05, 0.1) is 11.3 Å². The molecule has 2 aromatic rings. The van der Waals surface area contributed by atoms with Gasteiger partial charge in [0.25, 0.3) is 5.91 Å². The van der Waals surface area contributed by atoms with E-state index in [9.17, 15) is 9.90 Å². The molecule has 0 spiro atoms. The molecule has 0 aliphatic rings. The molecule has 0 atom stereocenters. The average Bonchev–Trinajstić information content (AvgIpc) is 2.97. The highest BCUT2D eigenvalue weighted by Crippen LogP contribution is 2.27. The molecular formula is C16H21N3O2S. The lowest BCUT2D eigenvalue weighted by Gasteiger charge is -2.17. The van der Waals surface area contributed by atoms with Crippen molar-refractivity contribution in [3.63, 3.8) is 0 Å². The Morgan fingerprint density at radius 3 is 2.64 bits per heavy atom. The SMILES string of the molecule is CCN(CC)C(=O)c1csc(-c2cc(C(C)(C)O)ccn2)n1. The first-order valence-corrected chi connectivity index (χ1v) is 8.18. The largest absolute Gasteiger partial charge is 0.386 e. The van der Waals surface area contributed by atoms with Gasteiger partial charge in [-0.3, -0.25) is 9.78 Å². The van der Waals surface area contributed by atoms with Gasteiger partial charge in [-0.05, 0) is 45.4 Å². The fourth-order valence-electron chi connectivity index (χ4n) is 2.09. The number of hydrogen-bond donors (Lipinski definition) is 1. The second-order valence-corrected chi connectivity index (χ2v) is 6.36. The summed E-state index contributed by atoms with van der Waals surface area (Å²) in [5, 5.41) is 12.5. The van der Waals surface area contributed by atoms with E-state index >= 15 is 0 Å². The van der Waals surface area contributed by atoms with E-state index in [1.54, 1.807) is 36.4 Å². The molecule has 0 aromatic carbocycles. The molecule has 6 heteroatoms. The smallest absolute Gasteiger partial charge is 0.273 e. The summed E-state index contributed by atoms with van der Waals surface area (Å²) in [6.07, 6.45) is 1.65. The van der Waals surface area contributed by atoms with Gasteiger partial charge in [0.15, 0.2) is 0 Å². The van der Waals surface area contributed by atoms with Crippen LogP contribution in [0.2, 0.25) is 0 Å². The van der Waals surface area contributed by atoms with Crippen LogP contribution >= 0.6 is 11.3 Å². The van der Waals surface area contributed by atoms with Gasteiger partial charge >= 0.3 is 0 Å². The van der Waals surface area contributed by atoms with Crippen molar-refractivity contribution in [3.05, 3.63) is 35.0 Å². The molecule has 0 saturated carbocycles. The minimum atomic E-state index is -0.936. The molecule has 118 valence electrons. The quantitative estimate of drug-likeness (QED) is 0.920. The monoisotopic (exact) mass is 319 g/mol. The molecule has 0 saturated heterocycles. The molecule has 5 nitrogen and oxygen atoms in total. The van der Waals surface area contributed by atoms with Crippen molar-refractivity contribution in [1.29, 1.82) is 0 Å². The fraction of sp³-hybridized carbons (Fsp3) is 0.438. The Labute approximate surface area is 134 Å². The van der Waals surface area contributed by atoms with Gasteiger partial charge in [-0.25, -0.2) is 4.98 Å². The highest BCUT2D eigenvalue weighted by molar-refractivity contribution is 7.13. The molecule has 1 N–H and O–H groups in total. The third-order valence-corrected chi connectivity index (χ3v) is 4.32. The van der Waals surface area contributed by atoms with Crippen LogP contribution in [0.25, 0.3) is 10.7 Å². The highest BCUT2D eigenvalue weighted by atomic mass is 32.1. The average molecular weight is 319 g/mol. The minimum Gasteiger partial charge on any atom is -0.386 e. The van der Waals surface area contributed by atoms with E-state index in [-0.39, 0.29) is 5.91 Å². The van der Waals surface area contributed by atoms with Gasteiger partial charge in [-0.1, -0.05) is 0 Å². The minimum absolute atomic E-state index is 0.0638. The predicted molar refractivity (Wildman–Crippen MR) is 87.8 cm³/mol. The summed E-state index contributed by atoms with van der Waals surface area (Å²) in [4.78, 5) is 22.7. The second kappa shape index (κ2) is 6.54. The van der Waals surface area contributed by atoms with Gasteiger partial charge in [-0.2, -0.15) is 0 Å². The summed E-state index contributed by atoms with van der Waals surface area (Å²) < 4.78 is 0. The Kier molecular flexibility index (Phi) is 4.93. The maximum atomic E-state index is 12.3. The topological polar surface area (TPSA) is 66.3 Å². The Morgan fingerprint density at radius 2 is 2.05 bits per heavy atom. The Balaban J connectivity index is 2.31. The van der Waals surface area contributed by atoms with Crippen molar-refractivity contribution in [1.82, 2.24) is 14.9 Å². The molecule has 0 aliphatic heterocycles. The van der Waals surface area contributed by atoms with E-state index in [4.69, 9.17) is 0 Å². The summed E-state index contributed by atoms with van der Waals surface area (Å²) in [6.45, 7) is 8.67. The van der Waals surface area contributed by atoms with E-state index in [2.05, 4.69) is 9.97 Å². The van der Waals surface area contributed by atoms with Crippen LogP contribution in [-0.4, -0.2) is 39.0 Å². The lowest BCUT2D eigenvalue weighted by molar-refractivity contribution is 0.0765. The molecule has 2 rings (SSSR count). The lowest BCUT2D eigenvalue weighted by Crippen LogP contribution is -2.30. The van der Waals surface area contributed by atoms with Crippen LogP contribution < -0.4 is 0 Å². The van der Waals surface area contributed by atoms with Crippen molar-refractivity contribution >= 4 is 17.2 Å². The molecule has 0 aliphatic carbocycles. The maximum Gasteiger partial charge on any atom is 0.273 e. The van der Waals surface area contributed by atoms with Crippen molar-refractivity contribution in [2.75, 3.05) is 13.1 Å². The summed E-state index contributed by atoms with van der Waals surface area (Å²) in [7, 11) is 0. The Bertz CT molecular complexity index is 657. The van der Waals surface area contributed by atoms with E-state index < -0.39 is 5.60 Å². The molecule has 2 aromatic heterocycles. The normalized spacial score (nSPS) is 11.5. The van der Waals surface area contributed by atoms with Crippen LogP contribution in [-0.2, 0) is 5.60 Å². The number of thiazole rings is 1. The zero-order valence-electron chi connectivity index (χ0n) is 13.3. The number of amides is 1. The van der Waals surface area contributed by atoms with Gasteiger partial charge in [0.2, 0.25) is 0 Å². The second-order valence-electron chi connectivity index (χ2n) is 5.50. The van der Waals surface area contributed by atoms with Crippen LogP contribution in [0.4, 0.5) is 0 Å². The van der Waals surface area contributed by atoms with Crippen LogP contribution in [0.1, 0.15) is 43.7 Å². The molecule has 0 fully saturated rings. The molecular weight excluding hydrogens is 298 g/mol. The van der Waals surface area contributed by atoms with Crippen molar-refractivity contribution in [3.8, 4) is 10.7 Å². The van der Waals surface area contributed by atoms with E-state index in [0.717, 1.165) is 5.56 Å². The first kappa shape index (κ1) is 16.6. The van der Waals surface area contributed by atoms with Crippen molar-refractivity contribution in [2.45, 2.75) is 33.3 Å². The van der Waals surface area contributed by atoms with Gasteiger partial charge < -0.3 is 10.0 Å². The molecule has 22 heavy (non-hydrogen) atoms. The molecule has 0 bridgehead atoms. The standard InChI is InChI=1S/C16H21N3O2S/c1-5-19(6-2)15(20)13-10-22-14(18-13)12-9-11(7-8-17-12)16(3,4)21/h7-10,21H,5-6H2,1-4H3.